The van der Waals surface area contributed by atoms with Crippen LogP contribution in [0.3, 0.4) is 0 Å². The number of nitrogen functional groups attached to an aromatic ring is 1. The normalized spacial score (nSPS) is 14.1. The van der Waals surface area contributed by atoms with Crippen molar-refractivity contribution >= 4 is 23.5 Å². The van der Waals surface area contributed by atoms with Gasteiger partial charge in [0.25, 0.3) is 5.91 Å². The fourth-order valence-corrected chi connectivity index (χ4v) is 3.94. The Morgan fingerprint density at radius 3 is 2.54 bits per heavy atom. The Kier molecular flexibility index (Phi) is 7.55. The Labute approximate surface area is 206 Å². The molecule has 2 heterocycles. The summed E-state index contributed by atoms with van der Waals surface area (Å²) in [5.74, 6) is 1.25. The van der Waals surface area contributed by atoms with Crippen molar-refractivity contribution in [1.82, 2.24) is 19.7 Å². The number of hydrogen-bond donors (Lipinski definition) is 2. The number of nitrogens with zero attached hydrogens (tertiary/aromatic N) is 4. The molecular weight excluding hydrogens is 444 g/mol. The van der Waals surface area contributed by atoms with E-state index in [1.165, 1.54) is 25.9 Å². The van der Waals surface area contributed by atoms with Crippen molar-refractivity contribution in [3.05, 3.63) is 54.1 Å². The minimum absolute atomic E-state index is 0.00222. The van der Waals surface area contributed by atoms with Crippen LogP contribution in [0.25, 0.3) is 0 Å². The number of likely N-dealkylation sites (tertiary alicyclic amines) is 1. The fourth-order valence-electron chi connectivity index (χ4n) is 3.94. The summed E-state index contributed by atoms with van der Waals surface area (Å²) in [6.07, 6.45) is 3.63. The highest BCUT2D eigenvalue weighted by molar-refractivity contribution is 5.97. The number of aromatic nitrogens is 3. The monoisotopic (exact) mass is 478 g/mol. The Morgan fingerprint density at radius 1 is 1.09 bits per heavy atom. The maximum Gasteiger partial charge on any atom is 0.281 e. The summed E-state index contributed by atoms with van der Waals surface area (Å²) in [5, 5.41) is 7.33. The lowest BCUT2D eigenvalue weighted by Crippen LogP contribution is -2.23. The van der Waals surface area contributed by atoms with E-state index in [9.17, 15) is 4.79 Å². The Morgan fingerprint density at radius 2 is 1.83 bits per heavy atom. The first kappa shape index (κ1) is 24.5. The fraction of sp³-hybridized carbons (Fsp3) is 0.423. The maximum absolute atomic E-state index is 13.0. The lowest BCUT2D eigenvalue weighted by atomic mass is 10.1. The van der Waals surface area contributed by atoms with Crippen molar-refractivity contribution in [2.24, 2.45) is 0 Å². The molecule has 1 aliphatic rings. The third-order valence-electron chi connectivity index (χ3n) is 5.53. The molecule has 35 heavy (non-hydrogen) atoms. The van der Waals surface area contributed by atoms with E-state index in [0.29, 0.717) is 17.9 Å². The molecule has 186 valence electrons. The van der Waals surface area contributed by atoms with Crippen LogP contribution in [0.5, 0.6) is 11.5 Å². The van der Waals surface area contributed by atoms with Gasteiger partial charge in [0.15, 0.2) is 0 Å². The van der Waals surface area contributed by atoms with Gasteiger partial charge >= 0.3 is 0 Å². The van der Waals surface area contributed by atoms with Crippen molar-refractivity contribution in [2.75, 3.05) is 37.3 Å². The van der Waals surface area contributed by atoms with Crippen LogP contribution in [-0.2, 0) is 0 Å². The second kappa shape index (κ2) is 10.8. The number of carbonyl (C=O) groups is 1. The molecule has 9 heteroatoms. The minimum atomic E-state index is -0.389. The molecule has 0 atom stereocenters. The minimum Gasteiger partial charge on any atom is -0.494 e. The van der Waals surface area contributed by atoms with Crippen LogP contribution >= 0.6 is 0 Å². The molecule has 1 aromatic heterocycles. The largest absolute Gasteiger partial charge is 0.494 e. The van der Waals surface area contributed by atoms with E-state index in [-0.39, 0.29) is 23.4 Å². The number of rotatable bonds is 9. The third-order valence-corrected chi connectivity index (χ3v) is 5.53. The highest BCUT2D eigenvalue weighted by atomic mass is 16.5. The van der Waals surface area contributed by atoms with Gasteiger partial charge in [-0.2, -0.15) is 9.67 Å². The number of hydrogen-bond acceptors (Lipinski definition) is 8. The number of nitrogens with one attached hydrogen (secondary N) is 1. The molecule has 0 unspecified atom stereocenters. The molecule has 9 nitrogen and oxygen atoms in total. The van der Waals surface area contributed by atoms with Crippen molar-refractivity contribution in [3.63, 3.8) is 0 Å². The predicted octanol–water partition coefficient (Wildman–Crippen LogP) is 4.33. The number of anilines is 3. The average Bonchev–Trinajstić information content (AvgIpc) is 3.46. The maximum atomic E-state index is 13.0. The SMILES string of the molecule is CC(C)(C)Oc1cccc(C(=O)n2nc(Nc3ccc(OCCCN4CCCC4)cc3)nc2N)c1. The van der Waals surface area contributed by atoms with Gasteiger partial charge < -0.3 is 25.4 Å². The van der Waals surface area contributed by atoms with Gasteiger partial charge in [-0.1, -0.05) is 6.07 Å². The topological polar surface area (TPSA) is 108 Å². The molecule has 3 N–H and O–H groups in total. The lowest BCUT2D eigenvalue weighted by Gasteiger charge is -2.21. The van der Waals surface area contributed by atoms with Gasteiger partial charge in [-0.25, -0.2) is 0 Å². The van der Waals surface area contributed by atoms with Crippen LogP contribution in [0.1, 0.15) is 50.4 Å². The van der Waals surface area contributed by atoms with E-state index in [2.05, 4.69) is 20.3 Å². The zero-order chi connectivity index (χ0) is 24.8. The van der Waals surface area contributed by atoms with Gasteiger partial charge in [-0.3, -0.25) is 4.79 Å². The zero-order valence-electron chi connectivity index (χ0n) is 20.7. The second-order valence-corrected chi connectivity index (χ2v) is 9.65. The molecule has 1 aliphatic heterocycles. The molecule has 0 spiro atoms. The average molecular weight is 479 g/mol. The molecule has 0 aliphatic carbocycles. The molecule has 4 rings (SSSR count). The summed E-state index contributed by atoms with van der Waals surface area (Å²) in [7, 11) is 0. The lowest BCUT2D eigenvalue weighted by molar-refractivity contribution is 0.0945. The molecule has 2 aromatic carbocycles. The Bertz CT molecular complexity index is 1130. The number of benzene rings is 2. The summed E-state index contributed by atoms with van der Waals surface area (Å²) in [4.78, 5) is 19.6. The van der Waals surface area contributed by atoms with Crippen LogP contribution in [0.2, 0.25) is 0 Å². The highest BCUT2D eigenvalue weighted by Gasteiger charge is 2.18. The molecule has 1 fully saturated rings. The molecule has 0 amide bonds. The first-order valence-electron chi connectivity index (χ1n) is 12.1. The summed E-state index contributed by atoms with van der Waals surface area (Å²) in [6.45, 7) is 10.0. The third kappa shape index (κ3) is 6.95. The summed E-state index contributed by atoms with van der Waals surface area (Å²) in [5.41, 5.74) is 6.78. The molecule has 0 radical (unpaired) electrons. The van der Waals surface area contributed by atoms with E-state index in [1.54, 1.807) is 24.3 Å². The number of ether oxygens (including phenoxy) is 2. The first-order valence-corrected chi connectivity index (χ1v) is 12.1. The van der Waals surface area contributed by atoms with Gasteiger partial charge in [-0.05, 0) is 95.6 Å². The van der Waals surface area contributed by atoms with Crippen molar-refractivity contribution in [1.29, 1.82) is 0 Å². The van der Waals surface area contributed by atoms with Crippen LogP contribution in [0.15, 0.2) is 48.5 Å². The molecule has 0 bridgehead atoms. The standard InChI is InChI=1S/C26H34N6O3/c1-26(2,3)35-22-9-6-8-19(18-22)23(33)32-24(27)29-25(30-32)28-20-10-12-21(13-11-20)34-17-7-16-31-14-4-5-15-31/h6,8-13,18H,4-5,7,14-17H2,1-3H3,(H3,27,28,29,30). The van der Waals surface area contributed by atoms with Crippen LogP contribution in [0, 0.1) is 0 Å². The smallest absolute Gasteiger partial charge is 0.281 e. The van der Waals surface area contributed by atoms with E-state index in [4.69, 9.17) is 15.2 Å². The summed E-state index contributed by atoms with van der Waals surface area (Å²) in [6, 6.07) is 14.5. The second-order valence-electron chi connectivity index (χ2n) is 9.65. The summed E-state index contributed by atoms with van der Waals surface area (Å²) < 4.78 is 12.8. The molecule has 1 saturated heterocycles. The highest BCUT2D eigenvalue weighted by Crippen LogP contribution is 2.22. The van der Waals surface area contributed by atoms with E-state index in [1.807, 2.05) is 45.0 Å². The Hall–Kier alpha value is -3.59. The number of carbonyl (C=O) groups excluding carboxylic acids is 1. The molecule has 0 saturated carbocycles. The van der Waals surface area contributed by atoms with Crippen LogP contribution in [0.4, 0.5) is 17.6 Å². The van der Waals surface area contributed by atoms with Gasteiger partial charge in [0.2, 0.25) is 11.9 Å². The van der Waals surface area contributed by atoms with Gasteiger partial charge in [0.05, 0.1) is 6.61 Å². The number of nitrogens with two attached hydrogens (primary N) is 1. The van der Waals surface area contributed by atoms with E-state index < -0.39 is 0 Å². The van der Waals surface area contributed by atoms with Crippen molar-refractivity contribution in [2.45, 2.75) is 45.6 Å². The van der Waals surface area contributed by atoms with E-state index >= 15 is 0 Å². The van der Waals surface area contributed by atoms with Crippen LogP contribution in [-0.4, -0.2) is 57.4 Å². The molecule has 3 aromatic rings. The molecular formula is C26H34N6O3. The van der Waals surface area contributed by atoms with Gasteiger partial charge in [-0.15, -0.1) is 5.10 Å². The Balaban J connectivity index is 1.33. The van der Waals surface area contributed by atoms with Gasteiger partial charge in [0, 0.05) is 17.8 Å². The zero-order valence-corrected chi connectivity index (χ0v) is 20.7. The first-order chi connectivity index (χ1) is 16.8. The predicted molar refractivity (Wildman–Crippen MR) is 136 cm³/mol. The van der Waals surface area contributed by atoms with Crippen molar-refractivity contribution < 1.29 is 14.3 Å². The van der Waals surface area contributed by atoms with Crippen molar-refractivity contribution in [3.8, 4) is 11.5 Å². The summed E-state index contributed by atoms with van der Waals surface area (Å²) >= 11 is 0. The van der Waals surface area contributed by atoms with Gasteiger partial charge in [0.1, 0.15) is 17.1 Å². The van der Waals surface area contributed by atoms with E-state index in [0.717, 1.165) is 29.1 Å². The quantitative estimate of drug-likeness (QED) is 0.438. The van der Waals surface area contributed by atoms with Crippen LogP contribution < -0.4 is 20.5 Å².